The summed E-state index contributed by atoms with van der Waals surface area (Å²) in [6.45, 7) is 2.05. The minimum atomic E-state index is 0.253. The predicted molar refractivity (Wildman–Crippen MR) is 84.4 cm³/mol. The molecule has 3 heteroatoms. The van der Waals surface area contributed by atoms with Crippen molar-refractivity contribution >= 4 is 11.6 Å². The van der Waals surface area contributed by atoms with Gasteiger partial charge in [-0.1, -0.05) is 62.3 Å². The van der Waals surface area contributed by atoms with Crippen molar-refractivity contribution in [1.82, 2.24) is 5.43 Å². The van der Waals surface area contributed by atoms with Gasteiger partial charge in [0, 0.05) is 11.1 Å². The summed E-state index contributed by atoms with van der Waals surface area (Å²) in [5.74, 6) is 8.31. The molecular formula is C17H25ClN2. The van der Waals surface area contributed by atoms with Gasteiger partial charge in [-0.05, 0) is 41.9 Å². The number of aryl methyl sites for hydroxylation is 1. The molecule has 2 aliphatic carbocycles. The van der Waals surface area contributed by atoms with Crippen LogP contribution in [0.15, 0.2) is 18.2 Å². The molecule has 1 atom stereocenters. The zero-order valence-electron chi connectivity index (χ0n) is 12.2. The Morgan fingerprint density at radius 1 is 1.15 bits per heavy atom. The Morgan fingerprint density at radius 3 is 2.15 bits per heavy atom. The highest BCUT2D eigenvalue weighted by Crippen LogP contribution is 2.49. The van der Waals surface area contributed by atoms with Crippen molar-refractivity contribution in [3.05, 3.63) is 34.3 Å². The summed E-state index contributed by atoms with van der Waals surface area (Å²) in [4.78, 5) is 0. The lowest BCUT2D eigenvalue weighted by Gasteiger charge is -2.46. The second kappa shape index (κ2) is 6.05. The monoisotopic (exact) mass is 292 g/mol. The number of benzene rings is 1. The molecule has 1 aromatic rings. The number of hydrogen-bond donors (Lipinski definition) is 2. The molecule has 2 aliphatic rings. The highest BCUT2D eigenvalue weighted by molar-refractivity contribution is 6.31. The van der Waals surface area contributed by atoms with Crippen LogP contribution in [-0.2, 0) is 0 Å². The number of nitrogens with two attached hydrogens (primary N) is 1. The second-order valence-corrected chi connectivity index (χ2v) is 7.02. The Morgan fingerprint density at radius 2 is 1.75 bits per heavy atom. The Bertz CT molecular complexity index is 452. The first-order chi connectivity index (χ1) is 9.70. The maximum absolute atomic E-state index is 6.31. The van der Waals surface area contributed by atoms with Crippen molar-refractivity contribution in [2.24, 2.45) is 23.6 Å². The lowest BCUT2D eigenvalue weighted by atomic mass is 9.61. The van der Waals surface area contributed by atoms with Gasteiger partial charge < -0.3 is 0 Å². The molecule has 2 fully saturated rings. The highest BCUT2D eigenvalue weighted by Gasteiger charge is 2.40. The maximum atomic E-state index is 6.31. The van der Waals surface area contributed by atoms with Crippen LogP contribution in [0.1, 0.15) is 55.7 Å². The van der Waals surface area contributed by atoms with Crippen molar-refractivity contribution in [2.75, 3.05) is 0 Å². The van der Waals surface area contributed by atoms with E-state index in [1.165, 1.54) is 44.1 Å². The van der Waals surface area contributed by atoms with Gasteiger partial charge in [0.15, 0.2) is 0 Å². The van der Waals surface area contributed by atoms with Crippen LogP contribution in [0.2, 0.25) is 5.02 Å². The molecule has 3 N–H and O–H groups in total. The average molecular weight is 293 g/mol. The Labute approximate surface area is 127 Å². The SMILES string of the molecule is Cc1ccc(C(NN)C(C2CCC2)C2CCC2)cc1Cl. The molecule has 20 heavy (non-hydrogen) atoms. The highest BCUT2D eigenvalue weighted by atomic mass is 35.5. The summed E-state index contributed by atoms with van der Waals surface area (Å²) in [5.41, 5.74) is 5.50. The smallest absolute Gasteiger partial charge is 0.0493 e. The zero-order chi connectivity index (χ0) is 14.1. The van der Waals surface area contributed by atoms with Gasteiger partial charge in [-0.15, -0.1) is 0 Å². The van der Waals surface area contributed by atoms with E-state index in [0.717, 1.165) is 22.4 Å². The largest absolute Gasteiger partial charge is 0.271 e. The average Bonchev–Trinajstić information content (AvgIpc) is 2.30. The molecule has 110 valence electrons. The normalized spacial score (nSPS) is 21.6. The molecule has 1 unspecified atom stereocenters. The molecule has 0 amide bonds. The Hall–Kier alpha value is -0.570. The lowest BCUT2D eigenvalue weighted by Crippen LogP contribution is -2.44. The van der Waals surface area contributed by atoms with E-state index in [-0.39, 0.29) is 6.04 Å². The van der Waals surface area contributed by atoms with Gasteiger partial charge in [0.25, 0.3) is 0 Å². The number of hydrogen-bond acceptors (Lipinski definition) is 2. The second-order valence-electron chi connectivity index (χ2n) is 6.61. The molecular weight excluding hydrogens is 268 g/mol. The fourth-order valence-corrected chi connectivity index (χ4v) is 4.00. The summed E-state index contributed by atoms with van der Waals surface area (Å²) < 4.78 is 0. The van der Waals surface area contributed by atoms with Gasteiger partial charge in [-0.3, -0.25) is 11.3 Å². The van der Waals surface area contributed by atoms with Crippen LogP contribution in [0.4, 0.5) is 0 Å². The summed E-state index contributed by atoms with van der Waals surface area (Å²) in [6, 6.07) is 6.66. The van der Waals surface area contributed by atoms with Gasteiger partial charge in [0.05, 0.1) is 0 Å². The quantitative estimate of drug-likeness (QED) is 0.625. The predicted octanol–water partition coefficient (Wildman–Crippen LogP) is 4.37. The number of hydrazine groups is 1. The van der Waals surface area contributed by atoms with Crippen LogP contribution in [0.3, 0.4) is 0 Å². The van der Waals surface area contributed by atoms with Gasteiger partial charge in [-0.25, -0.2) is 0 Å². The van der Waals surface area contributed by atoms with Crippen molar-refractivity contribution in [2.45, 2.75) is 51.5 Å². The zero-order valence-corrected chi connectivity index (χ0v) is 13.0. The van der Waals surface area contributed by atoms with E-state index in [2.05, 4.69) is 23.6 Å². The van der Waals surface area contributed by atoms with Crippen LogP contribution < -0.4 is 11.3 Å². The van der Waals surface area contributed by atoms with E-state index >= 15 is 0 Å². The summed E-state index contributed by atoms with van der Waals surface area (Å²) >= 11 is 6.31. The van der Waals surface area contributed by atoms with Crippen LogP contribution in [-0.4, -0.2) is 0 Å². The van der Waals surface area contributed by atoms with Crippen LogP contribution in [0.25, 0.3) is 0 Å². The van der Waals surface area contributed by atoms with E-state index in [1.807, 2.05) is 6.92 Å². The van der Waals surface area contributed by atoms with Crippen molar-refractivity contribution in [3.8, 4) is 0 Å². The Kier molecular flexibility index (Phi) is 4.34. The van der Waals surface area contributed by atoms with Crippen molar-refractivity contribution < 1.29 is 0 Å². The molecule has 3 rings (SSSR count). The van der Waals surface area contributed by atoms with Gasteiger partial charge >= 0.3 is 0 Å². The minimum Gasteiger partial charge on any atom is -0.271 e. The standard InChI is InChI=1S/C17H25ClN2/c1-11-8-9-14(10-15(11)18)17(20-19)16(12-4-2-5-12)13-6-3-7-13/h8-10,12-13,16-17,20H,2-7,19H2,1H3. The summed E-state index contributed by atoms with van der Waals surface area (Å²) in [7, 11) is 0. The van der Waals surface area contributed by atoms with Gasteiger partial charge in [0.1, 0.15) is 0 Å². The molecule has 2 saturated carbocycles. The molecule has 0 saturated heterocycles. The third kappa shape index (κ3) is 2.61. The van der Waals surface area contributed by atoms with Crippen molar-refractivity contribution in [1.29, 1.82) is 0 Å². The van der Waals surface area contributed by atoms with E-state index in [0.29, 0.717) is 5.92 Å². The van der Waals surface area contributed by atoms with Crippen LogP contribution in [0, 0.1) is 24.7 Å². The fraction of sp³-hybridized carbons (Fsp3) is 0.647. The number of rotatable bonds is 5. The molecule has 0 radical (unpaired) electrons. The molecule has 2 nitrogen and oxygen atoms in total. The first kappa shape index (κ1) is 14.4. The molecule has 0 aromatic heterocycles. The van der Waals surface area contributed by atoms with E-state index < -0.39 is 0 Å². The van der Waals surface area contributed by atoms with E-state index in [9.17, 15) is 0 Å². The topological polar surface area (TPSA) is 38.0 Å². The van der Waals surface area contributed by atoms with Crippen molar-refractivity contribution in [3.63, 3.8) is 0 Å². The first-order valence-corrected chi connectivity index (χ1v) is 8.30. The Balaban J connectivity index is 1.86. The van der Waals surface area contributed by atoms with Crippen LogP contribution >= 0.6 is 11.6 Å². The molecule has 0 aliphatic heterocycles. The summed E-state index contributed by atoms with van der Waals surface area (Å²) in [6.07, 6.45) is 8.27. The van der Waals surface area contributed by atoms with Gasteiger partial charge in [0.2, 0.25) is 0 Å². The van der Waals surface area contributed by atoms with E-state index in [1.54, 1.807) is 0 Å². The first-order valence-electron chi connectivity index (χ1n) is 7.93. The minimum absolute atomic E-state index is 0.253. The number of nitrogens with one attached hydrogen (secondary N) is 1. The third-order valence-corrected chi connectivity index (χ3v) is 5.91. The number of halogens is 1. The molecule has 1 aromatic carbocycles. The molecule has 0 heterocycles. The molecule has 0 bridgehead atoms. The van der Waals surface area contributed by atoms with Gasteiger partial charge in [-0.2, -0.15) is 0 Å². The lowest BCUT2D eigenvalue weighted by molar-refractivity contribution is 0.0596. The third-order valence-electron chi connectivity index (χ3n) is 5.51. The van der Waals surface area contributed by atoms with Crippen LogP contribution in [0.5, 0.6) is 0 Å². The summed E-state index contributed by atoms with van der Waals surface area (Å²) in [5, 5.41) is 0.851. The molecule has 0 spiro atoms. The van der Waals surface area contributed by atoms with E-state index in [4.69, 9.17) is 17.4 Å². The maximum Gasteiger partial charge on any atom is 0.0493 e. The fourth-order valence-electron chi connectivity index (χ4n) is 3.81.